The van der Waals surface area contributed by atoms with Gasteiger partial charge in [0.05, 0.1) is 38.5 Å². The summed E-state index contributed by atoms with van der Waals surface area (Å²) in [5.74, 6) is 1.14. The number of aryl methyl sites for hydroxylation is 2. The predicted octanol–water partition coefficient (Wildman–Crippen LogP) is 3.62. The van der Waals surface area contributed by atoms with Crippen LogP contribution in [0.25, 0.3) is 10.9 Å². The number of pyridine rings is 1. The molecule has 2 heterocycles. The van der Waals surface area contributed by atoms with Crippen molar-refractivity contribution in [2.45, 2.75) is 20.0 Å². The number of nitrogens with one attached hydrogen (secondary N) is 1. The van der Waals surface area contributed by atoms with Crippen LogP contribution in [0.4, 0.5) is 10.5 Å². The third-order valence-electron chi connectivity index (χ3n) is 5.46. The molecule has 1 atom stereocenters. The van der Waals surface area contributed by atoms with Gasteiger partial charge in [-0.05, 0) is 61.9 Å². The molecule has 0 spiro atoms. The zero-order chi connectivity index (χ0) is 22.8. The number of benzene rings is 2. The van der Waals surface area contributed by atoms with E-state index in [2.05, 4.69) is 10.3 Å². The average molecular weight is 435 g/mol. The van der Waals surface area contributed by atoms with E-state index in [-0.39, 0.29) is 12.5 Å². The molecule has 8 nitrogen and oxygen atoms in total. The second-order valence-corrected chi connectivity index (χ2v) is 7.67. The van der Waals surface area contributed by atoms with Gasteiger partial charge in [-0.2, -0.15) is 0 Å². The lowest BCUT2D eigenvalue weighted by molar-refractivity contribution is 0.0915. The van der Waals surface area contributed by atoms with Crippen molar-refractivity contribution in [3.63, 3.8) is 0 Å². The standard InChI is InChI=1S/C24H25N3O5/c1-14-9-16(30-3)5-7-19(14)23(28)25-12-18-13-27(24(29)32-18)22-10-15(2)26-21-8-6-17(31-4)11-20(21)22/h5-11,18H,12-13H2,1-4H3,(H,25,28). The monoisotopic (exact) mass is 435 g/mol. The Bertz CT molecular complexity index is 1190. The molecule has 1 aliphatic heterocycles. The Morgan fingerprint density at radius 1 is 1.12 bits per heavy atom. The highest BCUT2D eigenvalue weighted by atomic mass is 16.6. The molecule has 1 unspecified atom stereocenters. The molecule has 3 aromatic rings. The summed E-state index contributed by atoms with van der Waals surface area (Å²) in [6.45, 7) is 4.25. The maximum absolute atomic E-state index is 12.7. The third kappa shape index (κ3) is 4.16. The van der Waals surface area contributed by atoms with Crippen LogP contribution in [0.15, 0.2) is 42.5 Å². The van der Waals surface area contributed by atoms with Gasteiger partial charge < -0.3 is 19.5 Å². The van der Waals surface area contributed by atoms with E-state index in [4.69, 9.17) is 14.2 Å². The van der Waals surface area contributed by atoms with Crippen LogP contribution in [0.1, 0.15) is 21.6 Å². The number of anilines is 1. The maximum atomic E-state index is 12.7. The zero-order valence-electron chi connectivity index (χ0n) is 18.5. The lowest BCUT2D eigenvalue weighted by atomic mass is 10.1. The quantitative estimate of drug-likeness (QED) is 0.636. The van der Waals surface area contributed by atoms with Crippen LogP contribution in [-0.2, 0) is 4.74 Å². The minimum absolute atomic E-state index is 0.206. The highest BCUT2D eigenvalue weighted by molar-refractivity contribution is 6.02. The van der Waals surface area contributed by atoms with E-state index in [9.17, 15) is 9.59 Å². The normalized spacial score (nSPS) is 15.6. The maximum Gasteiger partial charge on any atom is 0.414 e. The second-order valence-electron chi connectivity index (χ2n) is 7.67. The number of aromatic nitrogens is 1. The summed E-state index contributed by atoms with van der Waals surface area (Å²) in [4.78, 5) is 31.4. The van der Waals surface area contributed by atoms with E-state index in [0.717, 1.165) is 22.2 Å². The van der Waals surface area contributed by atoms with Crippen LogP contribution in [0.2, 0.25) is 0 Å². The van der Waals surface area contributed by atoms with Crippen LogP contribution < -0.4 is 19.7 Å². The van der Waals surface area contributed by atoms with Gasteiger partial charge in [-0.1, -0.05) is 0 Å². The Kier molecular flexibility index (Phi) is 5.85. The molecule has 1 aliphatic rings. The van der Waals surface area contributed by atoms with Gasteiger partial charge in [0.1, 0.15) is 17.6 Å². The van der Waals surface area contributed by atoms with Crippen LogP contribution >= 0.6 is 0 Å². The molecule has 8 heteroatoms. The average Bonchev–Trinajstić information content (AvgIpc) is 3.16. The fraction of sp³-hybridized carbons (Fsp3) is 0.292. The van der Waals surface area contributed by atoms with Gasteiger partial charge >= 0.3 is 6.09 Å². The van der Waals surface area contributed by atoms with Gasteiger partial charge in [-0.3, -0.25) is 14.7 Å². The predicted molar refractivity (Wildman–Crippen MR) is 121 cm³/mol. The molecular weight excluding hydrogens is 410 g/mol. The van der Waals surface area contributed by atoms with Gasteiger partial charge in [0, 0.05) is 16.6 Å². The number of carbonyl (C=O) groups excluding carboxylic acids is 2. The van der Waals surface area contributed by atoms with Crippen molar-refractivity contribution < 1.29 is 23.8 Å². The van der Waals surface area contributed by atoms with Gasteiger partial charge in [-0.25, -0.2) is 4.79 Å². The highest BCUT2D eigenvalue weighted by Gasteiger charge is 2.34. The summed E-state index contributed by atoms with van der Waals surface area (Å²) < 4.78 is 16.0. The molecule has 32 heavy (non-hydrogen) atoms. The molecule has 1 saturated heterocycles. The van der Waals surface area contributed by atoms with E-state index in [1.165, 1.54) is 0 Å². The Hall–Kier alpha value is -3.81. The van der Waals surface area contributed by atoms with Crippen LogP contribution in [-0.4, -0.2) is 50.4 Å². The van der Waals surface area contributed by atoms with Gasteiger partial charge in [0.2, 0.25) is 0 Å². The number of carbonyl (C=O) groups is 2. The number of cyclic esters (lactones) is 1. The molecule has 1 fully saturated rings. The molecule has 2 amide bonds. The molecule has 1 aromatic heterocycles. The number of ether oxygens (including phenoxy) is 3. The Labute approximate surface area is 186 Å². The van der Waals surface area contributed by atoms with Gasteiger partial charge in [0.25, 0.3) is 5.91 Å². The second kappa shape index (κ2) is 8.74. The number of nitrogens with zero attached hydrogens (tertiary/aromatic N) is 2. The first-order valence-corrected chi connectivity index (χ1v) is 10.3. The van der Waals surface area contributed by atoms with Crippen LogP contribution in [0, 0.1) is 13.8 Å². The van der Waals surface area contributed by atoms with E-state index < -0.39 is 12.2 Å². The molecule has 0 radical (unpaired) electrons. The first-order chi connectivity index (χ1) is 15.4. The van der Waals surface area contributed by atoms with Crippen molar-refractivity contribution >= 4 is 28.6 Å². The van der Waals surface area contributed by atoms with Crippen molar-refractivity contribution in [1.82, 2.24) is 10.3 Å². The molecule has 1 N–H and O–H groups in total. The summed E-state index contributed by atoms with van der Waals surface area (Å²) in [6.07, 6.45) is -0.932. The fourth-order valence-electron chi connectivity index (χ4n) is 3.81. The van der Waals surface area contributed by atoms with E-state index >= 15 is 0 Å². The summed E-state index contributed by atoms with van der Waals surface area (Å²) in [6, 6.07) is 12.7. The van der Waals surface area contributed by atoms with E-state index in [0.29, 0.717) is 29.3 Å². The smallest absolute Gasteiger partial charge is 0.414 e. The number of rotatable bonds is 6. The minimum atomic E-state index is -0.473. The van der Waals surface area contributed by atoms with Crippen LogP contribution in [0.3, 0.4) is 0 Å². The summed E-state index contributed by atoms with van der Waals surface area (Å²) in [5, 5.41) is 3.66. The first kappa shape index (κ1) is 21.4. The molecule has 166 valence electrons. The Morgan fingerprint density at radius 2 is 1.84 bits per heavy atom. The van der Waals surface area contributed by atoms with Crippen LogP contribution in [0.5, 0.6) is 11.5 Å². The number of hydrogen-bond donors (Lipinski definition) is 1. The van der Waals surface area contributed by atoms with E-state index in [1.807, 2.05) is 38.1 Å². The molecule has 0 aliphatic carbocycles. The number of methoxy groups -OCH3 is 2. The van der Waals surface area contributed by atoms with Crippen molar-refractivity contribution in [3.05, 3.63) is 59.3 Å². The minimum Gasteiger partial charge on any atom is -0.497 e. The van der Waals surface area contributed by atoms with Crippen molar-refractivity contribution in [2.75, 3.05) is 32.2 Å². The third-order valence-corrected chi connectivity index (χ3v) is 5.46. The van der Waals surface area contributed by atoms with Crippen molar-refractivity contribution in [3.8, 4) is 11.5 Å². The molecular formula is C24H25N3O5. The number of fused-ring (bicyclic) bond motifs is 1. The Morgan fingerprint density at radius 3 is 2.56 bits per heavy atom. The summed E-state index contributed by atoms with van der Waals surface area (Å²) >= 11 is 0. The SMILES string of the molecule is COc1ccc(C(=O)NCC2CN(c3cc(C)nc4ccc(OC)cc34)C(=O)O2)c(C)c1. The number of amides is 2. The zero-order valence-corrected chi connectivity index (χ0v) is 18.5. The molecule has 0 bridgehead atoms. The highest BCUT2D eigenvalue weighted by Crippen LogP contribution is 2.32. The summed E-state index contributed by atoms with van der Waals surface area (Å²) in [7, 11) is 3.17. The lowest BCUT2D eigenvalue weighted by Crippen LogP contribution is -2.35. The lowest BCUT2D eigenvalue weighted by Gasteiger charge is -2.17. The molecule has 0 saturated carbocycles. The van der Waals surface area contributed by atoms with E-state index in [1.54, 1.807) is 37.3 Å². The number of hydrogen-bond acceptors (Lipinski definition) is 6. The topological polar surface area (TPSA) is 90.0 Å². The van der Waals surface area contributed by atoms with Gasteiger partial charge in [0.15, 0.2) is 0 Å². The summed E-state index contributed by atoms with van der Waals surface area (Å²) in [5.41, 5.74) is 3.61. The first-order valence-electron chi connectivity index (χ1n) is 10.3. The molecule has 2 aromatic carbocycles. The van der Waals surface area contributed by atoms with Crippen molar-refractivity contribution in [1.29, 1.82) is 0 Å². The molecule has 4 rings (SSSR count). The van der Waals surface area contributed by atoms with Crippen molar-refractivity contribution in [2.24, 2.45) is 0 Å². The Balaban J connectivity index is 1.50. The largest absolute Gasteiger partial charge is 0.497 e. The van der Waals surface area contributed by atoms with Gasteiger partial charge in [-0.15, -0.1) is 0 Å². The fourth-order valence-corrected chi connectivity index (χ4v) is 3.81.